The number of fused-ring (bicyclic) bond motifs is 1. The highest BCUT2D eigenvalue weighted by molar-refractivity contribution is 5.90. The van der Waals surface area contributed by atoms with Crippen molar-refractivity contribution in [3.8, 4) is 5.75 Å². The molecule has 0 saturated carbocycles. The van der Waals surface area contributed by atoms with Gasteiger partial charge in [-0.3, -0.25) is 4.98 Å². The first kappa shape index (κ1) is 18.1. The van der Waals surface area contributed by atoms with Crippen LogP contribution in [0.2, 0.25) is 0 Å². The molecule has 1 aromatic carbocycles. The van der Waals surface area contributed by atoms with Crippen molar-refractivity contribution in [2.24, 2.45) is 0 Å². The van der Waals surface area contributed by atoms with Gasteiger partial charge in [0.2, 0.25) is 0 Å². The van der Waals surface area contributed by atoms with Gasteiger partial charge in [0.05, 0.1) is 12.3 Å². The number of aromatic amines is 1. The van der Waals surface area contributed by atoms with Crippen LogP contribution in [0.15, 0.2) is 61.1 Å². The van der Waals surface area contributed by atoms with E-state index in [0.29, 0.717) is 0 Å². The Morgan fingerprint density at radius 1 is 1.07 bits per heavy atom. The summed E-state index contributed by atoms with van der Waals surface area (Å²) in [6.07, 6.45) is 8.66. The van der Waals surface area contributed by atoms with Crippen molar-refractivity contribution in [2.45, 2.75) is 6.42 Å². The van der Waals surface area contributed by atoms with Crippen molar-refractivity contribution in [3.63, 3.8) is 0 Å². The van der Waals surface area contributed by atoms with Crippen LogP contribution in [0.25, 0.3) is 22.2 Å². The first-order valence-corrected chi connectivity index (χ1v) is 9.43. The van der Waals surface area contributed by atoms with Gasteiger partial charge in [0.25, 0.3) is 0 Å². The van der Waals surface area contributed by atoms with E-state index in [-0.39, 0.29) is 0 Å². The second-order valence-corrected chi connectivity index (χ2v) is 7.10. The Bertz CT molecular complexity index is 1000. The standard InChI is InChI=1S/C22H25N5O/c1-27(2)10-3-11-28-19-5-4-17-12-20(25-21(17)14-19)18-13-22(26-24-15-18)16-6-8-23-9-7-16/h4-9,12-15,24-26H,3,10-11H2,1-2H3. The summed E-state index contributed by atoms with van der Waals surface area (Å²) in [7, 11) is 4.15. The SMILES string of the molecule is CN(C)CCCOc1ccc2cc(C3=CNNC(c4ccncc4)=C3)[nH]c2c1. The number of benzene rings is 1. The van der Waals surface area contributed by atoms with Gasteiger partial charge in [0.15, 0.2) is 0 Å². The molecule has 0 aliphatic carbocycles. The Morgan fingerprint density at radius 2 is 1.93 bits per heavy atom. The molecule has 0 bridgehead atoms. The molecule has 0 saturated heterocycles. The van der Waals surface area contributed by atoms with E-state index in [9.17, 15) is 0 Å². The van der Waals surface area contributed by atoms with Crippen LogP contribution in [0.3, 0.4) is 0 Å². The summed E-state index contributed by atoms with van der Waals surface area (Å²) in [5.41, 5.74) is 11.6. The second kappa shape index (κ2) is 8.19. The minimum atomic E-state index is 0.718. The van der Waals surface area contributed by atoms with Gasteiger partial charge >= 0.3 is 0 Å². The molecule has 28 heavy (non-hydrogen) atoms. The average molecular weight is 375 g/mol. The number of nitrogens with zero attached hydrogens (tertiary/aromatic N) is 2. The fourth-order valence-corrected chi connectivity index (χ4v) is 3.19. The topological polar surface area (TPSA) is 65.2 Å². The van der Waals surface area contributed by atoms with Crippen molar-refractivity contribution >= 4 is 22.2 Å². The van der Waals surface area contributed by atoms with Crippen molar-refractivity contribution in [1.29, 1.82) is 0 Å². The number of ether oxygens (including phenoxy) is 1. The van der Waals surface area contributed by atoms with Crippen LogP contribution < -0.4 is 15.6 Å². The van der Waals surface area contributed by atoms with Crippen LogP contribution in [0.1, 0.15) is 17.7 Å². The summed E-state index contributed by atoms with van der Waals surface area (Å²) < 4.78 is 5.89. The maximum atomic E-state index is 5.89. The van der Waals surface area contributed by atoms with Crippen LogP contribution in [0, 0.1) is 0 Å². The molecule has 0 spiro atoms. The number of H-pyrrole nitrogens is 1. The minimum absolute atomic E-state index is 0.718. The third-order valence-corrected chi connectivity index (χ3v) is 4.65. The number of aromatic nitrogens is 2. The fourth-order valence-electron chi connectivity index (χ4n) is 3.19. The van der Waals surface area contributed by atoms with Gasteiger partial charge in [-0.2, -0.15) is 0 Å². The smallest absolute Gasteiger partial charge is 0.121 e. The Morgan fingerprint density at radius 3 is 2.75 bits per heavy atom. The molecule has 3 aromatic rings. The summed E-state index contributed by atoms with van der Waals surface area (Å²) >= 11 is 0. The summed E-state index contributed by atoms with van der Waals surface area (Å²) in [6.45, 7) is 1.74. The predicted molar refractivity (Wildman–Crippen MR) is 113 cm³/mol. The molecule has 2 aromatic heterocycles. The van der Waals surface area contributed by atoms with Crippen LogP contribution in [-0.4, -0.2) is 42.1 Å². The third kappa shape index (κ3) is 4.18. The molecule has 1 aliphatic heterocycles. The van der Waals surface area contributed by atoms with Crippen LogP contribution in [-0.2, 0) is 0 Å². The highest BCUT2D eigenvalue weighted by Gasteiger charge is 2.11. The second-order valence-electron chi connectivity index (χ2n) is 7.10. The minimum Gasteiger partial charge on any atom is -0.493 e. The van der Waals surface area contributed by atoms with E-state index in [2.05, 4.69) is 64.1 Å². The zero-order valence-corrected chi connectivity index (χ0v) is 16.2. The Balaban J connectivity index is 1.51. The first-order chi connectivity index (χ1) is 13.7. The molecule has 3 heterocycles. The first-order valence-electron chi connectivity index (χ1n) is 9.43. The quantitative estimate of drug-likeness (QED) is 0.553. The molecule has 0 radical (unpaired) electrons. The summed E-state index contributed by atoms with van der Waals surface area (Å²) in [6, 6.07) is 12.3. The van der Waals surface area contributed by atoms with Gasteiger partial charge in [0.1, 0.15) is 5.75 Å². The molecule has 3 N–H and O–H groups in total. The summed E-state index contributed by atoms with van der Waals surface area (Å²) in [5, 5.41) is 1.16. The number of hydrogen-bond donors (Lipinski definition) is 3. The number of pyridine rings is 1. The molecule has 6 nitrogen and oxygen atoms in total. The molecule has 0 atom stereocenters. The number of rotatable bonds is 7. The largest absolute Gasteiger partial charge is 0.493 e. The van der Waals surface area contributed by atoms with Gasteiger partial charge in [-0.15, -0.1) is 0 Å². The fraction of sp³-hybridized carbons (Fsp3) is 0.227. The molecule has 0 amide bonds. The van der Waals surface area contributed by atoms with E-state index >= 15 is 0 Å². The number of nitrogens with one attached hydrogen (secondary N) is 3. The van der Waals surface area contributed by atoms with Crippen LogP contribution >= 0.6 is 0 Å². The van der Waals surface area contributed by atoms with Crippen molar-refractivity contribution in [3.05, 3.63) is 72.3 Å². The molecular formula is C22H25N5O. The predicted octanol–water partition coefficient (Wildman–Crippen LogP) is 3.38. The lowest BCUT2D eigenvalue weighted by Gasteiger charge is -2.17. The van der Waals surface area contributed by atoms with Gasteiger partial charge in [-0.25, -0.2) is 0 Å². The maximum Gasteiger partial charge on any atom is 0.121 e. The Kier molecular flexibility index (Phi) is 5.30. The normalized spacial score (nSPS) is 13.7. The number of allylic oxidation sites excluding steroid dienone is 2. The number of hydrogen-bond acceptors (Lipinski definition) is 5. The highest BCUT2D eigenvalue weighted by atomic mass is 16.5. The summed E-state index contributed by atoms with van der Waals surface area (Å²) in [4.78, 5) is 9.75. The van der Waals surface area contributed by atoms with E-state index in [0.717, 1.165) is 58.8 Å². The molecular weight excluding hydrogens is 350 g/mol. The van der Waals surface area contributed by atoms with Crippen molar-refractivity contribution < 1.29 is 4.74 Å². The number of hydrazine groups is 1. The zero-order chi connectivity index (χ0) is 19.3. The molecule has 1 aliphatic rings. The van der Waals surface area contributed by atoms with Crippen molar-refractivity contribution in [1.82, 2.24) is 25.7 Å². The lowest BCUT2D eigenvalue weighted by atomic mass is 10.1. The lowest BCUT2D eigenvalue weighted by molar-refractivity contribution is 0.282. The van der Waals surface area contributed by atoms with E-state index < -0.39 is 0 Å². The van der Waals surface area contributed by atoms with E-state index in [1.165, 1.54) is 0 Å². The van der Waals surface area contributed by atoms with Gasteiger partial charge in [-0.1, -0.05) is 0 Å². The molecule has 144 valence electrons. The Hall–Kier alpha value is -3.25. The van der Waals surface area contributed by atoms with E-state index in [1.807, 2.05) is 24.4 Å². The van der Waals surface area contributed by atoms with E-state index in [1.54, 1.807) is 12.4 Å². The van der Waals surface area contributed by atoms with Crippen LogP contribution in [0.5, 0.6) is 5.75 Å². The maximum absolute atomic E-state index is 5.89. The van der Waals surface area contributed by atoms with E-state index in [4.69, 9.17) is 4.74 Å². The van der Waals surface area contributed by atoms with Gasteiger partial charge < -0.3 is 25.5 Å². The zero-order valence-electron chi connectivity index (χ0n) is 16.2. The van der Waals surface area contributed by atoms with Gasteiger partial charge in [0, 0.05) is 58.9 Å². The average Bonchev–Trinajstić information content (AvgIpc) is 3.15. The van der Waals surface area contributed by atoms with Gasteiger partial charge in [-0.05, 0) is 56.9 Å². The third-order valence-electron chi connectivity index (χ3n) is 4.65. The monoisotopic (exact) mass is 375 g/mol. The highest BCUT2D eigenvalue weighted by Crippen LogP contribution is 2.27. The molecule has 0 fully saturated rings. The lowest BCUT2D eigenvalue weighted by Crippen LogP contribution is -2.28. The van der Waals surface area contributed by atoms with Crippen molar-refractivity contribution in [2.75, 3.05) is 27.2 Å². The Labute approximate surface area is 164 Å². The molecule has 0 unspecified atom stereocenters. The van der Waals surface area contributed by atoms with Crippen LogP contribution in [0.4, 0.5) is 0 Å². The molecule has 6 heteroatoms. The molecule has 4 rings (SSSR count). The summed E-state index contributed by atoms with van der Waals surface area (Å²) in [5.74, 6) is 0.894.